The Kier molecular flexibility index (Phi) is 5.93. The highest BCUT2D eigenvalue weighted by Gasteiger charge is 2.37. The smallest absolute Gasteiger partial charge is 0.534 e. The number of amides is 1. The van der Waals surface area contributed by atoms with Crippen molar-refractivity contribution in [3.63, 3.8) is 0 Å². The summed E-state index contributed by atoms with van der Waals surface area (Å²) in [6, 6.07) is 6.49. The van der Waals surface area contributed by atoms with Crippen LogP contribution in [0.1, 0.15) is 32.7 Å². The van der Waals surface area contributed by atoms with Gasteiger partial charge >= 0.3 is 13.1 Å². The summed E-state index contributed by atoms with van der Waals surface area (Å²) in [5.74, 6) is -2.04. The predicted octanol–water partition coefficient (Wildman–Crippen LogP) is -0.621. The van der Waals surface area contributed by atoms with Crippen molar-refractivity contribution in [2.24, 2.45) is 11.5 Å². The number of rotatable bonds is 6. The lowest BCUT2D eigenvalue weighted by atomic mass is 9.72. The third-order valence-corrected chi connectivity index (χ3v) is 4.59. The van der Waals surface area contributed by atoms with Gasteiger partial charge in [-0.25, -0.2) is 4.79 Å². The molecule has 3 rings (SSSR count). The van der Waals surface area contributed by atoms with Crippen LogP contribution in [-0.4, -0.2) is 40.1 Å². The first-order valence-electron chi connectivity index (χ1n) is 8.79. The third kappa shape index (κ3) is 4.14. The number of aromatic nitrogens is 1. The highest BCUT2D eigenvalue weighted by Crippen LogP contribution is 2.30. The lowest BCUT2D eigenvalue weighted by molar-refractivity contribution is -0.120. The minimum Gasteiger partial charge on any atom is -0.534 e. The van der Waals surface area contributed by atoms with Gasteiger partial charge in [0, 0.05) is 19.3 Å². The topological polar surface area (TPSA) is 161 Å². The normalized spacial score (nSPS) is 15.5. The van der Waals surface area contributed by atoms with E-state index in [0.29, 0.717) is 16.8 Å². The summed E-state index contributed by atoms with van der Waals surface area (Å²) in [5, 5.41) is 22.2. The SMILES string of the molecule is NCc1cc(CC(=O)NC2Cc3cccc(C(=O)O)c3OB2O)cnc1CN. The minimum atomic E-state index is -1.35. The van der Waals surface area contributed by atoms with Gasteiger partial charge < -0.3 is 31.6 Å². The number of carbonyl (C=O) groups is 2. The second-order valence-corrected chi connectivity index (χ2v) is 6.52. The molecule has 28 heavy (non-hydrogen) atoms. The van der Waals surface area contributed by atoms with Crippen molar-refractivity contribution in [1.82, 2.24) is 10.3 Å². The minimum absolute atomic E-state index is 0.0262. The van der Waals surface area contributed by atoms with E-state index in [9.17, 15) is 19.7 Å². The monoisotopic (exact) mass is 384 g/mol. The first-order chi connectivity index (χ1) is 13.4. The number of para-hydroxylation sites is 1. The second-order valence-electron chi connectivity index (χ2n) is 6.52. The molecule has 7 N–H and O–H groups in total. The van der Waals surface area contributed by atoms with E-state index in [4.69, 9.17) is 16.1 Å². The number of hydrogen-bond donors (Lipinski definition) is 5. The van der Waals surface area contributed by atoms with Crippen molar-refractivity contribution in [3.05, 3.63) is 58.4 Å². The number of carbonyl (C=O) groups excluding carboxylic acids is 1. The van der Waals surface area contributed by atoms with Crippen molar-refractivity contribution < 1.29 is 24.4 Å². The average molecular weight is 384 g/mol. The van der Waals surface area contributed by atoms with E-state index >= 15 is 0 Å². The summed E-state index contributed by atoms with van der Waals surface area (Å²) in [6.07, 6.45) is 1.88. The van der Waals surface area contributed by atoms with E-state index < -0.39 is 19.0 Å². The van der Waals surface area contributed by atoms with Crippen molar-refractivity contribution in [2.75, 3.05) is 0 Å². The van der Waals surface area contributed by atoms with Gasteiger partial charge in [-0.15, -0.1) is 0 Å². The number of carboxylic acid groups (broad SMARTS) is 1. The summed E-state index contributed by atoms with van der Waals surface area (Å²) in [4.78, 5) is 27.9. The molecule has 1 atom stereocenters. The molecule has 0 spiro atoms. The summed E-state index contributed by atoms with van der Waals surface area (Å²) in [5.41, 5.74) is 14.0. The Hall–Kier alpha value is -2.95. The fourth-order valence-electron chi connectivity index (χ4n) is 3.20. The summed E-state index contributed by atoms with van der Waals surface area (Å²) in [7, 11) is -1.35. The molecule has 0 bridgehead atoms. The molecule has 0 aliphatic carbocycles. The molecule has 0 saturated heterocycles. The lowest BCUT2D eigenvalue weighted by Gasteiger charge is -2.28. The van der Waals surface area contributed by atoms with Gasteiger partial charge in [0.1, 0.15) is 5.75 Å². The number of nitrogens with two attached hydrogens (primary N) is 2. The lowest BCUT2D eigenvalue weighted by Crippen LogP contribution is -2.53. The molecule has 2 aromatic rings. The zero-order valence-corrected chi connectivity index (χ0v) is 15.1. The predicted molar refractivity (Wildman–Crippen MR) is 101 cm³/mol. The van der Waals surface area contributed by atoms with Gasteiger partial charge in [-0.1, -0.05) is 18.2 Å². The summed E-state index contributed by atoms with van der Waals surface area (Å²) >= 11 is 0. The molecule has 1 aromatic carbocycles. The zero-order valence-electron chi connectivity index (χ0n) is 15.1. The van der Waals surface area contributed by atoms with Crippen molar-refractivity contribution in [2.45, 2.75) is 31.9 Å². The van der Waals surface area contributed by atoms with Crippen LogP contribution in [0.25, 0.3) is 0 Å². The van der Waals surface area contributed by atoms with Gasteiger partial charge in [0.25, 0.3) is 0 Å². The van der Waals surface area contributed by atoms with Gasteiger partial charge in [0.2, 0.25) is 5.91 Å². The van der Waals surface area contributed by atoms with Crippen LogP contribution in [0.2, 0.25) is 0 Å². The van der Waals surface area contributed by atoms with Gasteiger partial charge in [-0.3, -0.25) is 9.78 Å². The van der Waals surface area contributed by atoms with E-state index in [-0.39, 0.29) is 43.2 Å². The molecule has 10 heteroatoms. The average Bonchev–Trinajstić information content (AvgIpc) is 2.67. The first kappa shape index (κ1) is 19.8. The molecule has 9 nitrogen and oxygen atoms in total. The Balaban J connectivity index is 1.70. The van der Waals surface area contributed by atoms with Gasteiger partial charge in [0.15, 0.2) is 0 Å². The Morgan fingerprint density at radius 3 is 2.79 bits per heavy atom. The van der Waals surface area contributed by atoms with Gasteiger partial charge in [0.05, 0.1) is 23.6 Å². The van der Waals surface area contributed by atoms with E-state index in [2.05, 4.69) is 10.3 Å². The first-order valence-corrected chi connectivity index (χ1v) is 8.79. The van der Waals surface area contributed by atoms with Crippen molar-refractivity contribution >= 4 is 19.0 Å². The van der Waals surface area contributed by atoms with E-state index in [1.54, 1.807) is 24.4 Å². The van der Waals surface area contributed by atoms with Crippen molar-refractivity contribution in [3.8, 4) is 5.75 Å². The number of fused-ring (bicyclic) bond motifs is 1. The zero-order chi connectivity index (χ0) is 20.3. The Labute approximate surface area is 161 Å². The van der Waals surface area contributed by atoms with E-state index in [1.807, 2.05) is 0 Å². The Bertz CT molecular complexity index is 908. The molecule has 1 aromatic heterocycles. The molecule has 1 aliphatic rings. The van der Waals surface area contributed by atoms with E-state index in [0.717, 1.165) is 5.56 Å². The maximum atomic E-state index is 12.4. The van der Waals surface area contributed by atoms with Crippen LogP contribution in [0.3, 0.4) is 0 Å². The highest BCUT2D eigenvalue weighted by molar-refractivity contribution is 6.47. The fourth-order valence-corrected chi connectivity index (χ4v) is 3.20. The van der Waals surface area contributed by atoms with Gasteiger partial charge in [-0.2, -0.15) is 0 Å². The number of benzene rings is 1. The molecular weight excluding hydrogens is 363 g/mol. The molecule has 0 fully saturated rings. The molecule has 146 valence electrons. The molecule has 1 unspecified atom stereocenters. The molecule has 2 heterocycles. The molecular formula is C18H21BN4O5. The van der Waals surface area contributed by atoms with Crippen LogP contribution in [0.4, 0.5) is 0 Å². The van der Waals surface area contributed by atoms with Crippen LogP contribution in [0, 0.1) is 0 Å². The number of hydrogen-bond acceptors (Lipinski definition) is 7. The maximum Gasteiger partial charge on any atom is 0.547 e. The molecule has 1 amide bonds. The number of carboxylic acids is 1. The van der Waals surface area contributed by atoms with Gasteiger partial charge in [-0.05, 0) is 29.2 Å². The fraction of sp³-hybridized carbons (Fsp3) is 0.278. The molecule has 0 saturated carbocycles. The number of nitrogens with zero attached hydrogens (tertiary/aromatic N) is 1. The number of nitrogens with one attached hydrogen (secondary N) is 1. The Morgan fingerprint density at radius 2 is 2.11 bits per heavy atom. The highest BCUT2D eigenvalue weighted by atomic mass is 16.5. The van der Waals surface area contributed by atoms with Crippen LogP contribution in [0.15, 0.2) is 30.5 Å². The Morgan fingerprint density at radius 1 is 1.32 bits per heavy atom. The van der Waals surface area contributed by atoms with Crippen molar-refractivity contribution in [1.29, 1.82) is 0 Å². The van der Waals surface area contributed by atoms with Crippen LogP contribution >= 0.6 is 0 Å². The van der Waals surface area contributed by atoms with Crippen LogP contribution in [-0.2, 0) is 30.7 Å². The summed E-state index contributed by atoms with van der Waals surface area (Å²) < 4.78 is 5.37. The molecule has 0 radical (unpaired) electrons. The molecule has 1 aliphatic heterocycles. The van der Waals surface area contributed by atoms with Crippen LogP contribution < -0.4 is 21.4 Å². The van der Waals surface area contributed by atoms with E-state index in [1.165, 1.54) is 6.07 Å². The summed E-state index contributed by atoms with van der Waals surface area (Å²) in [6.45, 7) is 0.537. The second kappa shape index (κ2) is 8.38. The number of pyridine rings is 1. The van der Waals surface area contributed by atoms with Crippen LogP contribution in [0.5, 0.6) is 5.75 Å². The maximum absolute atomic E-state index is 12.4. The third-order valence-electron chi connectivity index (χ3n) is 4.59. The largest absolute Gasteiger partial charge is 0.547 e. The standard InChI is InChI=1S/C18H21BN4O5/c20-7-12-4-10(9-22-14(12)8-21)5-16(24)23-15-6-11-2-1-3-13(18(25)26)17(11)28-19(15)27/h1-4,9,15,27H,5-8,20-21H2,(H,23,24)(H,25,26). The quantitative estimate of drug-likeness (QED) is 0.412. The number of aromatic carboxylic acids is 1.